The van der Waals surface area contributed by atoms with E-state index in [0.717, 1.165) is 30.0 Å². The second-order valence-corrected chi connectivity index (χ2v) is 9.95. The van der Waals surface area contributed by atoms with Gasteiger partial charge < -0.3 is 0 Å². The Balaban J connectivity index is 1.46. The van der Waals surface area contributed by atoms with Crippen LogP contribution in [0, 0.1) is 5.92 Å². The summed E-state index contributed by atoms with van der Waals surface area (Å²) in [4.78, 5) is 26.4. The van der Waals surface area contributed by atoms with Crippen molar-refractivity contribution in [2.45, 2.75) is 122 Å². The van der Waals surface area contributed by atoms with E-state index in [4.69, 9.17) is 11.6 Å². The van der Waals surface area contributed by atoms with Gasteiger partial charge in [0.2, 0.25) is 11.8 Å². The maximum atomic E-state index is 12.7. The first-order valence-corrected chi connectivity index (χ1v) is 13.6. The molecule has 1 saturated heterocycles. The Morgan fingerprint density at radius 1 is 0.844 bits per heavy atom. The molecule has 1 atom stereocenters. The van der Waals surface area contributed by atoms with Crippen molar-refractivity contribution >= 4 is 23.4 Å². The second kappa shape index (κ2) is 16.3. The minimum Gasteiger partial charge on any atom is -0.274 e. The van der Waals surface area contributed by atoms with Crippen molar-refractivity contribution in [1.29, 1.82) is 0 Å². The lowest BCUT2D eigenvalue weighted by molar-refractivity contribution is -0.137. The molecule has 0 saturated carbocycles. The van der Waals surface area contributed by atoms with Gasteiger partial charge in [0.25, 0.3) is 0 Å². The van der Waals surface area contributed by atoms with Crippen LogP contribution in [0.1, 0.15) is 122 Å². The Morgan fingerprint density at radius 2 is 1.44 bits per heavy atom. The van der Waals surface area contributed by atoms with Gasteiger partial charge in [-0.1, -0.05) is 101 Å². The van der Waals surface area contributed by atoms with Gasteiger partial charge in [-0.05, 0) is 50.7 Å². The minimum absolute atomic E-state index is 0.0259. The summed E-state index contributed by atoms with van der Waals surface area (Å²) in [5, 5.41) is 0.780. The summed E-state index contributed by atoms with van der Waals surface area (Å²) in [5.74, 6) is -0.249. The van der Waals surface area contributed by atoms with Gasteiger partial charge in [0.15, 0.2) is 0 Å². The first-order valence-electron chi connectivity index (χ1n) is 13.2. The zero-order valence-electron chi connectivity index (χ0n) is 20.3. The number of imide groups is 1. The fraction of sp³-hybridized carbons (Fsp3) is 0.714. The van der Waals surface area contributed by atoms with Crippen molar-refractivity contribution in [1.82, 2.24) is 4.90 Å². The lowest BCUT2D eigenvalue weighted by Crippen LogP contribution is -2.30. The number of halogens is 1. The fourth-order valence-corrected chi connectivity index (χ4v) is 4.80. The van der Waals surface area contributed by atoms with Gasteiger partial charge in [-0.2, -0.15) is 0 Å². The van der Waals surface area contributed by atoms with E-state index in [1.165, 1.54) is 81.9 Å². The van der Waals surface area contributed by atoms with E-state index in [9.17, 15) is 9.59 Å². The Morgan fingerprint density at radius 3 is 2.03 bits per heavy atom. The smallest absolute Gasteiger partial charge is 0.237 e. The van der Waals surface area contributed by atoms with Gasteiger partial charge in [0, 0.05) is 23.1 Å². The molecule has 2 amide bonds. The summed E-state index contributed by atoms with van der Waals surface area (Å²) in [6.45, 7) is 2.27. The standard InChI is InChI=1S/C28H44ClNO2/c1-2-3-4-5-6-7-8-9-10-11-12-13-14-15-16-17-18-24-23-27(31)30(28(24)32)26-21-19-25(29)20-22-26/h15-16,19,21,24H,2-14,17-18,20,22-23H2,1H3. The van der Waals surface area contributed by atoms with Crippen LogP contribution in [0.4, 0.5) is 0 Å². The Kier molecular flexibility index (Phi) is 13.7. The molecule has 0 bridgehead atoms. The van der Waals surface area contributed by atoms with Gasteiger partial charge >= 0.3 is 0 Å². The van der Waals surface area contributed by atoms with E-state index >= 15 is 0 Å². The molecule has 1 fully saturated rings. The maximum absolute atomic E-state index is 12.7. The van der Waals surface area contributed by atoms with Crippen LogP contribution in [0.2, 0.25) is 0 Å². The number of hydrogen-bond acceptors (Lipinski definition) is 2. The SMILES string of the molecule is CCCCCCCCCCCCCCC=CCCC1CC(=O)N(C2=CC=C(Cl)CC2)C1=O. The number of carbonyl (C=O) groups excluding carboxylic acids is 2. The summed E-state index contributed by atoms with van der Waals surface area (Å²) < 4.78 is 0. The van der Waals surface area contributed by atoms with E-state index in [1.54, 1.807) is 6.08 Å². The third-order valence-corrected chi connectivity index (χ3v) is 6.99. The fourth-order valence-electron chi connectivity index (χ4n) is 4.65. The molecule has 0 aromatic rings. The molecule has 1 aliphatic heterocycles. The lowest BCUT2D eigenvalue weighted by atomic mass is 10.0. The first kappa shape index (κ1) is 26.9. The van der Waals surface area contributed by atoms with Crippen molar-refractivity contribution in [2.75, 3.05) is 0 Å². The highest BCUT2D eigenvalue weighted by atomic mass is 35.5. The second-order valence-electron chi connectivity index (χ2n) is 9.47. The van der Waals surface area contributed by atoms with E-state index in [1.807, 2.05) is 6.08 Å². The number of unbranched alkanes of at least 4 members (excludes halogenated alkanes) is 12. The number of amides is 2. The molecule has 1 aliphatic carbocycles. The highest BCUT2D eigenvalue weighted by Crippen LogP contribution is 2.32. The molecule has 4 heteroatoms. The van der Waals surface area contributed by atoms with Crippen LogP contribution in [0.3, 0.4) is 0 Å². The molecule has 0 N–H and O–H groups in total. The zero-order valence-corrected chi connectivity index (χ0v) is 21.0. The number of allylic oxidation sites excluding steroid dienone is 6. The van der Waals surface area contributed by atoms with Crippen molar-refractivity contribution < 1.29 is 9.59 Å². The molecular formula is C28H44ClNO2. The predicted octanol–water partition coefficient (Wildman–Crippen LogP) is 8.59. The van der Waals surface area contributed by atoms with Crippen LogP contribution in [-0.4, -0.2) is 16.7 Å². The molecule has 1 unspecified atom stereocenters. The highest BCUT2D eigenvalue weighted by molar-refractivity contribution is 6.29. The lowest BCUT2D eigenvalue weighted by Gasteiger charge is -2.20. The number of hydrogen-bond donors (Lipinski definition) is 0. The predicted molar refractivity (Wildman–Crippen MR) is 135 cm³/mol. The molecule has 1 heterocycles. The molecule has 180 valence electrons. The summed E-state index contributed by atoms with van der Waals surface area (Å²) >= 11 is 5.99. The van der Waals surface area contributed by atoms with Crippen molar-refractivity contribution in [3.63, 3.8) is 0 Å². The van der Waals surface area contributed by atoms with Crippen LogP contribution >= 0.6 is 11.6 Å². The third kappa shape index (κ3) is 10.1. The average Bonchev–Trinajstić information content (AvgIpc) is 3.07. The molecule has 2 rings (SSSR count). The van der Waals surface area contributed by atoms with Crippen LogP contribution in [0.15, 0.2) is 35.0 Å². The Bertz CT molecular complexity index is 664. The topological polar surface area (TPSA) is 37.4 Å². The van der Waals surface area contributed by atoms with Gasteiger partial charge in [-0.25, -0.2) is 0 Å². The third-order valence-electron chi connectivity index (χ3n) is 6.68. The Hall–Kier alpha value is -1.35. The maximum Gasteiger partial charge on any atom is 0.237 e. The summed E-state index contributed by atoms with van der Waals surface area (Å²) in [7, 11) is 0. The largest absolute Gasteiger partial charge is 0.274 e. The molecule has 3 nitrogen and oxygen atoms in total. The summed E-state index contributed by atoms with van der Waals surface area (Å²) in [6.07, 6.45) is 29.1. The Labute approximate surface area is 201 Å². The van der Waals surface area contributed by atoms with Crippen molar-refractivity contribution in [3.05, 3.63) is 35.0 Å². The van der Waals surface area contributed by atoms with E-state index < -0.39 is 0 Å². The van der Waals surface area contributed by atoms with Crippen LogP contribution in [0.25, 0.3) is 0 Å². The normalized spacial score (nSPS) is 19.2. The molecule has 0 spiro atoms. The summed E-state index contributed by atoms with van der Waals surface area (Å²) in [6, 6.07) is 0. The van der Waals surface area contributed by atoms with Gasteiger partial charge in [0.1, 0.15) is 0 Å². The van der Waals surface area contributed by atoms with Crippen molar-refractivity contribution in [3.8, 4) is 0 Å². The summed E-state index contributed by atoms with van der Waals surface area (Å²) in [5.41, 5.74) is 0.800. The minimum atomic E-state index is -0.166. The van der Waals surface area contributed by atoms with Crippen LogP contribution in [0.5, 0.6) is 0 Å². The van der Waals surface area contributed by atoms with Crippen LogP contribution < -0.4 is 0 Å². The van der Waals surface area contributed by atoms with Gasteiger partial charge in [-0.3, -0.25) is 14.5 Å². The van der Waals surface area contributed by atoms with E-state index in [-0.39, 0.29) is 17.7 Å². The number of carbonyl (C=O) groups is 2. The van der Waals surface area contributed by atoms with E-state index in [0.29, 0.717) is 19.3 Å². The van der Waals surface area contributed by atoms with E-state index in [2.05, 4.69) is 19.1 Å². The number of rotatable bonds is 17. The molecule has 32 heavy (non-hydrogen) atoms. The van der Waals surface area contributed by atoms with Crippen molar-refractivity contribution in [2.24, 2.45) is 5.92 Å². The molecule has 0 aromatic carbocycles. The first-order chi connectivity index (χ1) is 15.6. The number of likely N-dealkylation sites (tertiary alicyclic amines) is 1. The van der Waals surface area contributed by atoms with Gasteiger partial charge in [-0.15, -0.1) is 0 Å². The molecular weight excluding hydrogens is 418 g/mol. The monoisotopic (exact) mass is 461 g/mol. The van der Waals surface area contributed by atoms with Gasteiger partial charge in [0.05, 0.1) is 0 Å². The average molecular weight is 462 g/mol. The molecule has 0 radical (unpaired) electrons. The zero-order chi connectivity index (χ0) is 23.0. The van der Waals surface area contributed by atoms with Crippen LogP contribution in [-0.2, 0) is 9.59 Å². The molecule has 2 aliphatic rings. The quantitative estimate of drug-likeness (QED) is 0.123. The number of nitrogens with zero attached hydrogens (tertiary/aromatic N) is 1. The highest BCUT2D eigenvalue weighted by Gasteiger charge is 2.39. The molecule has 0 aromatic heterocycles.